The summed E-state index contributed by atoms with van der Waals surface area (Å²) in [5, 5.41) is 3.45. The van der Waals surface area contributed by atoms with E-state index in [1.807, 2.05) is 7.05 Å². The Hall–Kier alpha value is -2.08. The number of aryl methyl sites for hydroxylation is 1. The molecule has 2 aromatic rings. The van der Waals surface area contributed by atoms with Crippen molar-refractivity contribution in [2.75, 3.05) is 20.1 Å². The Morgan fingerprint density at radius 1 is 1.35 bits per heavy atom. The van der Waals surface area contributed by atoms with Crippen LogP contribution in [0.15, 0.2) is 29.5 Å². The highest BCUT2D eigenvalue weighted by atomic mass is 16.5. The third-order valence-corrected chi connectivity index (χ3v) is 4.57. The maximum absolute atomic E-state index is 6.11. The molecule has 0 spiro atoms. The summed E-state index contributed by atoms with van der Waals surface area (Å²) in [6.07, 6.45) is 6.53. The summed E-state index contributed by atoms with van der Waals surface area (Å²) < 4.78 is 8.17. The summed E-state index contributed by atoms with van der Waals surface area (Å²) >= 11 is 0. The van der Waals surface area contributed by atoms with Gasteiger partial charge in [-0.15, -0.1) is 0 Å². The van der Waals surface area contributed by atoms with Gasteiger partial charge in [-0.1, -0.05) is 0 Å². The molecule has 3 rings (SSSR count). The van der Waals surface area contributed by atoms with Crippen molar-refractivity contribution in [3.05, 3.63) is 35.8 Å². The number of rotatable bonds is 3. The number of aromatic nitrogens is 2. The fourth-order valence-corrected chi connectivity index (χ4v) is 3.41. The first-order valence-corrected chi connectivity index (χ1v) is 9.42. The predicted molar refractivity (Wildman–Crippen MR) is 106 cm³/mol. The molecule has 1 aliphatic heterocycles. The molecule has 0 unspecified atom stereocenters. The molecule has 26 heavy (non-hydrogen) atoms. The average molecular weight is 358 g/mol. The van der Waals surface area contributed by atoms with Crippen molar-refractivity contribution in [1.82, 2.24) is 19.6 Å². The number of pyridine rings is 1. The molecule has 142 valence electrons. The van der Waals surface area contributed by atoms with Crippen LogP contribution < -0.4 is 5.32 Å². The van der Waals surface area contributed by atoms with Gasteiger partial charge in [-0.2, -0.15) is 0 Å². The second kappa shape index (κ2) is 7.66. The van der Waals surface area contributed by atoms with E-state index >= 15 is 0 Å². The number of ether oxygens (including phenoxy) is 1. The lowest BCUT2D eigenvalue weighted by Gasteiger charge is -2.36. The van der Waals surface area contributed by atoms with Gasteiger partial charge >= 0.3 is 0 Å². The minimum atomic E-state index is -0.0752. The van der Waals surface area contributed by atoms with Gasteiger partial charge in [0.15, 0.2) is 5.96 Å². The summed E-state index contributed by atoms with van der Waals surface area (Å²) in [6, 6.07) is 4.19. The minimum absolute atomic E-state index is 0.0752. The first-order chi connectivity index (χ1) is 12.3. The molecule has 1 fully saturated rings. The molecule has 0 radical (unpaired) electrons. The first kappa shape index (κ1) is 18.7. The Kier molecular flexibility index (Phi) is 5.51. The van der Waals surface area contributed by atoms with E-state index in [0.29, 0.717) is 12.6 Å². The maximum Gasteiger partial charge on any atom is 0.193 e. The van der Waals surface area contributed by atoms with Crippen LogP contribution in [0, 0.1) is 6.92 Å². The van der Waals surface area contributed by atoms with Crippen LogP contribution in [0.3, 0.4) is 0 Å². The number of guanidine groups is 1. The molecule has 3 heterocycles. The smallest absolute Gasteiger partial charge is 0.193 e. The standard InChI is InChI=1S/C20H31N5O/c1-15-6-9-25-14-16(23-18(25)12-15)13-22-19(21-5)24-10-7-17(8-11-24)26-20(2,3)4/h6,9,12,14,17H,7-8,10-11,13H2,1-5H3,(H,21,22). The van der Waals surface area contributed by atoms with Crippen molar-refractivity contribution in [3.63, 3.8) is 0 Å². The number of nitrogens with one attached hydrogen (secondary N) is 1. The highest BCUT2D eigenvalue weighted by Gasteiger charge is 2.25. The Bertz CT molecular complexity index is 766. The lowest BCUT2D eigenvalue weighted by molar-refractivity contribution is -0.0772. The quantitative estimate of drug-likeness (QED) is 0.678. The van der Waals surface area contributed by atoms with E-state index in [1.165, 1.54) is 5.56 Å². The van der Waals surface area contributed by atoms with Gasteiger partial charge in [0.05, 0.1) is 23.9 Å². The summed E-state index contributed by atoms with van der Waals surface area (Å²) in [4.78, 5) is 11.4. The zero-order valence-corrected chi connectivity index (χ0v) is 16.6. The molecular weight excluding hydrogens is 326 g/mol. The predicted octanol–water partition coefficient (Wildman–Crippen LogP) is 3.00. The van der Waals surface area contributed by atoms with Crippen molar-refractivity contribution >= 4 is 11.6 Å². The third kappa shape index (κ3) is 4.75. The lowest BCUT2D eigenvalue weighted by Crippen LogP contribution is -2.47. The molecular formula is C20H31N5O. The van der Waals surface area contributed by atoms with Gasteiger partial charge in [0.2, 0.25) is 0 Å². The van der Waals surface area contributed by atoms with Crippen molar-refractivity contribution in [3.8, 4) is 0 Å². The van der Waals surface area contributed by atoms with Gasteiger partial charge in [0, 0.05) is 32.5 Å². The molecule has 6 heteroatoms. The molecule has 0 bridgehead atoms. The summed E-state index contributed by atoms with van der Waals surface area (Å²) in [6.45, 7) is 11.0. The molecule has 0 amide bonds. The van der Waals surface area contributed by atoms with Crippen LogP contribution in [0.2, 0.25) is 0 Å². The van der Waals surface area contributed by atoms with Crippen LogP contribution in [0.5, 0.6) is 0 Å². The fourth-order valence-electron chi connectivity index (χ4n) is 3.41. The number of piperidine rings is 1. The highest BCUT2D eigenvalue weighted by Crippen LogP contribution is 2.20. The first-order valence-electron chi connectivity index (χ1n) is 9.42. The number of likely N-dealkylation sites (tertiary alicyclic amines) is 1. The van der Waals surface area contributed by atoms with Crippen LogP contribution in [0.25, 0.3) is 5.65 Å². The number of hydrogen-bond donors (Lipinski definition) is 1. The van der Waals surface area contributed by atoms with E-state index in [4.69, 9.17) is 4.74 Å². The number of imidazole rings is 1. The number of fused-ring (bicyclic) bond motifs is 1. The summed E-state index contributed by atoms with van der Waals surface area (Å²) in [5.74, 6) is 0.937. The number of aliphatic imine (C=N–C) groups is 1. The molecule has 0 atom stereocenters. The highest BCUT2D eigenvalue weighted by molar-refractivity contribution is 5.79. The minimum Gasteiger partial charge on any atom is -0.372 e. The van der Waals surface area contributed by atoms with Crippen LogP contribution in [0.4, 0.5) is 0 Å². The largest absolute Gasteiger partial charge is 0.372 e. The Morgan fingerprint density at radius 2 is 2.08 bits per heavy atom. The van der Waals surface area contributed by atoms with Crippen molar-refractivity contribution < 1.29 is 4.74 Å². The van der Waals surface area contributed by atoms with Gasteiger partial charge in [-0.25, -0.2) is 4.98 Å². The van der Waals surface area contributed by atoms with Gasteiger partial charge in [-0.05, 0) is 58.2 Å². The zero-order valence-electron chi connectivity index (χ0n) is 16.6. The molecule has 0 saturated carbocycles. The molecule has 1 aliphatic rings. The topological polar surface area (TPSA) is 54.2 Å². The molecule has 0 aliphatic carbocycles. The molecule has 2 aromatic heterocycles. The number of hydrogen-bond acceptors (Lipinski definition) is 3. The van der Waals surface area contributed by atoms with Gasteiger partial charge in [0.25, 0.3) is 0 Å². The van der Waals surface area contributed by atoms with Crippen molar-refractivity contribution in [2.24, 2.45) is 4.99 Å². The number of nitrogens with zero attached hydrogens (tertiary/aromatic N) is 4. The maximum atomic E-state index is 6.11. The van der Waals surface area contributed by atoms with Crippen LogP contribution in [-0.4, -0.2) is 52.1 Å². The van der Waals surface area contributed by atoms with E-state index in [2.05, 4.69) is 76.8 Å². The second-order valence-corrected chi connectivity index (χ2v) is 8.02. The van der Waals surface area contributed by atoms with Crippen LogP contribution in [-0.2, 0) is 11.3 Å². The normalized spacial score (nSPS) is 17.1. The summed E-state index contributed by atoms with van der Waals surface area (Å²) in [7, 11) is 1.84. The Morgan fingerprint density at radius 3 is 2.73 bits per heavy atom. The van der Waals surface area contributed by atoms with Crippen LogP contribution in [0.1, 0.15) is 44.9 Å². The second-order valence-electron chi connectivity index (χ2n) is 8.02. The Labute approximate surface area is 156 Å². The zero-order chi connectivity index (χ0) is 18.7. The molecule has 1 saturated heterocycles. The van der Waals surface area contributed by atoms with Crippen molar-refractivity contribution in [1.29, 1.82) is 0 Å². The van der Waals surface area contributed by atoms with E-state index in [9.17, 15) is 0 Å². The van der Waals surface area contributed by atoms with Gasteiger partial charge in [-0.3, -0.25) is 4.99 Å². The third-order valence-electron chi connectivity index (χ3n) is 4.57. The Balaban J connectivity index is 1.55. The lowest BCUT2D eigenvalue weighted by atomic mass is 10.1. The molecule has 6 nitrogen and oxygen atoms in total. The van der Waals surface area contributed by atoms with E-state index < -0.39 is 0 Å². The van der Waals surface area contributed by atoms with Crippen molar-refractivity contribution in [2.45, 2.75) is 58.8 Å². The van der Waals surface area contributed by atoms with Gasteiger partial charge < -0.3 is 19.4 Å². The van der Waals surface area contributed by atoms with E-state index in [1.54, 1.807) is 0 Å². The van der Waals surface area contributed by atoms with E-state index in [0.717, 1.165) is 43.2 Å². The molecule has 0 aromatic carbocycles. The van der Waals surface area contributed by atoms with Crippen LogP contribution >= 0.6 is 0 Å². The monoisotopic (exact) mass is 357 g/mol. The SMILES string of the molecule is CN=C(NCc1cn2ccc(C)cc2n1)N1CCC(OC(C)(C)C)CC1. The average Bonchev–Trinajstić information content (AvgIpc) is 2.97. The summed E-state index contributed by atoms with van der Waals surface area (Å²) in [5.41, 5.74) is 3.15. The van der Waals surface area contributed by atoms with E-state index in [-0.39, 0.29) is 5.60 Å². The molecule has 1 N–H and O–H groups in total. The fraction of sp³-hybridized carbons (Fsp3) is 0.600. The van der Waals surface area contributed by atoms with Gasteiger partial charge in [0.1, 0.15) is 5.65 Å².